The molecule has 0 saturated heterocycles. The molecule has 0 aromatic rings. The predicted molar refractivity (Wildman–Crippen MR) is 72.9 cm³/mol. The Morgan fingerprint density at radius 3 is 2.06 bits per heavy atom. The minimum atomic E-state index is 0.397. The zero-order valence-corrected chi connectivity index (χ0v) is 12.2. The maximum absolute atomic E-state index is 3.69. The lowest BCUT2D eigenvalue weighted by Gasteiger charge is -2.25. The van der Waals surface area contributed by atoms with Crippen LogP contribution in [0.3, 0.4) is 0 Å². The average Bonchev–Trinajstić information content (AvgIpc) is 2.25. The van der Waals surface area contributed by atoms with Crippen LogP contribution < -0.4 is 5.32 Å². The van der Waals surface area contributed by atoms with Crippen LogP contribution in [0.2, 0.25) is 0 Å². The van der Waals surface area contributed by atoms with Gasteiger partial charge in [-0.1, -0.05) is 33.6 Å². The first-order valence-electron chi connectivity index (χ1n) is 6.83. The second kappa shape index (κ2) is 9.00. The lowest BCUT2D eigenvalue weighted by molar-refractivity contribution is -0.129. The molecule has 0 saturated carbocycles. The molecule has 0 aromatic heterocycles. The minimum absolute atomic E-state index is 0.397. The summed E-state index contributed by atoms with van der Waals surface area (Å²) in [5.74, 6) is 0.864. The second-order valence-electron chi connectivity index (χ2n) is 5.26. The molecule has 0 fully saturated rings. The highest BCUT2D eigenvalue weighted by Gasteiger charge is 2.16. The molecule has 0 spiro atoms. The normalized spacial score (nSPS) is 17.4. The van der Waals surface area contributed by atoms with Crippen molar-refractivity contribution in [2.24, 2.45) is 5.92 Å². The average molecular weight is 230 g/mol. The van der Waals surface area contributed by atoms with Crippen molar-refractivity contribution in [1.29, 1.82) is 0 Å². The van der Waals surface area contributed by atoms with Crippen LogP contribution in [-0.4, -0.2) is 26.5 Å². The Morgan fingerprint density at radius 2 is 1.62 bits per heavy atom. The van der Waals surface area contributed by atoms with Gasteiger partial charge in [-0.2, -0.15) is 0 Å². The first-order chi connectivity index (χ1) is 7.51. The fourth-order valence-corrected chi connectivity index (χ4v) is 1.82. The summed E-state index contributed by atoms with van der Waals surface area (Å²) in [6.45, 7) is 9.11. The lowest BCUT2D eigenvalue weighted by Crippen LogP contribution is -2.41. The molecular formula is C14H32NO+. The number of hydrogen-bond acceptors (Lipinski definition) is 1. The molecule has 0 aromatic carbocycles. The fraction of sp³-hybridized carbons (Fsp3) is 1.00. The summed E-state index contributed by atoms with van der Waals surface area (Å²) in [7, 11) is 4.10. The molecule has 2 heteroatoms. The van der Waals surface area contributed by atoms with Crippen LogP contribution in [0.4, 0.5) is 0 Å². The van der Waals surface area contributed by atoms with Gasteiger partial charge in [0.1, 0.15) is 14.2 Å². The zero-order valence-electron chi connectivity index (χ0n) is 12.2. The van der Waals surface area contributed by atoms with E-state index >= 15 is 0 Å². The quantitative estimate of drug-likeness (QED) is 0.471. The topological polar surface area (TPSA) is 14.7 Å². The van der Waals surface area contributed by atoms with Crippen LogP contribution in [0.25, 0.3) is 0 Å². The number of rotatable bonds is 9. The van der Waals surface area contributed by atoms with Crippen molar-refractivity contribution in [2.75, 3.05) is 14.2 Å². The Morgan fingerprint density at radius 1 is 1.00 bits per heavy atom. The number of nitrogens with one attached hydrogen (secondary N) is 1. The van der Waals surface area contributed by atoms with E-state index in [4.69, 9.17) is 0 Å². The standard InChI is InChI=1S/C14H32NO/c1-7-9-14(11-10-12(3)8-2)15-13(4)16(5)6/h12-15H,7-11H2,1-6H3/q+1. The van der Waals surface area contributed by atoms with Crippen LogP contribution in [0, 0.1) is 5.92 Å². The van der Waals surface area contributed by atoms with Crippen molar-refractivity contribution in [3.63, 3.8) is 0 Å². The summed E-state index contributed by atoms with van der Waals surface area (Å²) in [6.07, 6.45) is 6.91. The fourth-order valence-electron chi connectivity index (χ4n) is 1.82. The lowest BCUT2D eigenvalue weighted by atomic mass is 9.97. The summed E-state index contributed by atoms with van der Waals surface area (Å²) in [4.78, 5) is 0. The van der Waals surface area contributed by atoms with Crippen molar-refractivity contribution in [1.82, 2.24) is 5.32 Å². The van der Waals surface area contributed by atoms with E-state index in [2.05, 4.69) is 51.6 Å². The summed E-state index contributed by atoms with van der Waals surface area (Å²) in [6, 6.07) is 0.670. The van der Waals surface area contributed by atoms with Crippen molar-refractivity contribution in [3.05, 3.63) is 0 Å². The first kappa shape index (κ1) is 15.9. The number of hydrogen-bond donors (Lipinski definition) is 1. The molecule has 0 amide bonds. The van der Waals surface area contributed by atoms with E-state index in [9.17, 15) is 0 Å². The van der Waals surface area contributed by atoms with E-state index in [0.717, 1.165) is 5.92 Å². The summed E-state index contributed by atoms with van der Waals surface area (Å²) in [5, 5.41) is 3.69. The largest absolute Gasteiger partial charge is 0.412 e. The van der Waals surface area contributed by atoms with Gasteiger partial charge in [0.25, 0.3) is 0 Å². The van der Waals surface area contributed by atoms with E-state index in [1.165, 1.54) is 32.1 Å². The minimum Gasteiger partial charge on any atom is -0.412 e. The van der Waals surface area contributed by atoms with Crippen LogP contribution >= 0.6 is 0 Å². The Bertz CT molecular complexity index is 159. The third kappa shape index (κ3) is 7.24. The zero-order chi connectivity index (χ0) is 12.6. The third-order valence-electron chi connectivity index (χ3n) is 3.52. The molecule has 0 bridgehead atoms. The Balaban J connectivity index is 3.96. The molecule has 1 N–H and O–H groups in total. The molecular weight excluding hydrogens is 198 g/mol. The van der Waals surface area contributed by atoms with E-state index in [1.54, 1.807) is 0 Å². The van der Waals surface area contributed by atoms with Crippen molar-refractivity contribution in [2.45, 2.75) is 72.1 Å². The molecule has 98 valence electrons. The molecule has 0 aliphatic rings. The second-order valence-corrected chi connectivity index (χ2v) is 5.26. The van der Waals surface area contributed by atoms with Crippen molar-refractivity contribution >= 4 is 0 Å². The highest BCUT2D eigenvalue weighted by Crippen LogP contribution is 2.14. The van der Waals surface area contributed by atoms with Crippen LogP contribution in [0.5, 0.6) is 0 Å². The molecule has 3 unspecified atom stereocenters. The van der Waals surface area contributed by atoms with Crippen LogP contribution in [0.1, 0.15) is 59.8 Å². The van der Waals surface area contributed by atoms with E-state index in [1.807, 2.05) is 0 Å². The SMILES string of the molecule is CCCC(CCC(C)CC)NC(C)[O+](C)C. The van der Waals surface area contributed by atoms with Crippen molar-refractivity contribution in [3.8, 4) is 0 Å². The van der Waals surface area contributed by atoms with Gasteiger partial charge in [-0.25, -0.2) is 5.32 Å². The van der Waals surface area contributed by atoms with Gasteiger partial charge in [0, 0.05) is 13.0 Å². The van der Waals surface area contributed by atoms with Crippen LogP contribution in [0.15, 0.2) is 0 Å². The van der Waals surface area contributed by atoms with Gasteiger partial charge in [0.2, 0.25) is 6.23 Å². The van der Waals surface area contributed by atoms with Gasteiger partial charge in [0.15, 0.2) is 0 Å². The predicted octanol–water partition coefficient (Wildman–Crippen LogP) is 3.73. The van der Waals surface area contributed by atoms with Gasteiger partial charge in [-0.15, -0.1) is 0 Å². The molecule has 0 aliphatic heterocycles. The molecule has 0 rings (SSSR count). The summed E-state index contributed by atoms with van der Waals surface area (Å²) >= 11 is 0. The van der Waals surface area contributed by atoms with Crippen molar-refractivity contribution < 1.29 is 4.37 Å². The highest BCUT2D eigenvalue weighted by atomic mass is 16.7. The first-order valence-corrected chi connectivity index (χ1v) is 6.83. The van der Waals surface area contributed by atoms with Gasteiger partial charge in [0.05, 0.1) is 0 Å². The van der Waals surface area contributed by atoms with E-state index in [0.29, 0.717) is 12.3 Å². The molecule has 16 heavy (non-hydrogen) atoms. The van der Waals surface area contributed by atoms with Gasteiger partial charge < -0.3 is 4.37 Å². The molecule has 2 nitrogen and oxygen atoms in total. The molecule has 0 heterocycles. The smallest absolute Gasteiger partial charge is 0.209 e. The Labute approximate surface area is 102 Å². The summed E-state index contributed by atoms with van der Waals surface area (Å²) in [5.41, 5.74) is 0. The molecule has 0 aliphatic carbocycles. The van der Waals surface area contributed by atoms with Gasteiger partial charge >= 0.3 is 0 Å². The van der Waals surface area contributed by atoms with Gasteiger partial charge in [-0.05, 0) is 25.2 Å². The van der Waals surface area contributed by atoms with Gasteiger partial charge in [-0.3, -0.25) is 0 Å². The monoisotopic (exact) mass is 230 g/mol. The Hall–Kier alpha value is -0.0800. The van der Waals surface area contributed by atoms with Crippen LogP contribution in [-0.2, 0) is 4.37 Å². The summed E-state index contributed by atoms with van der Waals surface area (Å²) < 4.78 is 2.99. The van der Waals surface area contributed by atoms with E-state index in [-0.39, 0.29) is 0 Å². The Kier molecular flexibility index (Phi) is 8.96. The highest BCUT2D eigenvalue weighted by molar-refractivity contribution is 4.69. The molecule has 0 radical (unpaired) electrons. The third-order valence-corrected chi connectivity index (χ3v) is 3.52. The maximum Gasteiger partial charge on any atom is 0.209 e. The maximum atomic E-state index is 3.69. The molecule has 3 atom stereocenters. The van der Waals surface area contributed by atoms with E-state index < -0.39 is 0 Å².